The van der Waals surface area contributed by atoms with Gasteiger partial charge < -0.3 is 15.4 Å². The molecule has 0 unspecified atom stereocenters. The number of ether oxygens (including phenoxy) is 1. The zero-order valence-corrected chi connectivity index (χ0v) is 17.4. The van der Waals surface area contributed by atoms with Gasteiger partial charge in [0.25, 0.3) is 5.91 Å². The Morgan fingerprint density at radius 1 is 1.04 bits per heavy atom. The van der Waals surface area contributed by atoms with E-state index in [9.17, 15) is 4.79 Å². The van der Waals surface area contributed by atoms with Crippen LogP contribution >= 0.6 is 12.4 Å². The molecule has 0 aliphatic carbocycles. The largest absolute Gasteiger partial charge is 0.494 e. The minimum absolute atomic E-state index is 0. The summed E-state index contributed by atoms with van der Waals surface area (Å²) in [7, 11) is 0. The predicted octanol–water partition coefficient (Wildman–Crippen LogP) is 4.45. The fourth-order valence-corrected chi connectivity index (χ4v) is 3.68. The van der Waals surface area contributed by atoms with E-state index in [1.165, 1.54) is 12.0 Å². The van der Waals surface area contributed by atoms with Crippen LogP contribution in [0.2, 0.25) is 0 Å². The summed E-state index contributed by atoms with van der Waals surface area (Å²) in [6.45, 7) is 4.92. The lowest BCUT2D eigenvalue weighted by Crippen LogP contribution is -2.38. The summed E-state index contributed by atoms with van der Waals surface area (Å²) in [5.74, 6) is 1.77. The van der Waals surface area contributed by atoms with E-state index in [-0.39, 0.29) is 18.3 Å². The number of rotatable bonds is 7. The highest BCUT2D eigenvalue weighted by atomic mass is 35.5. The van der Waals surface area contributed by atoms with Crippen molar-refractivity contribution in [2.24, 2.45) is 11.7 Å². The van der Waals surface area contributed by atoms with E-state index in [2.05, 4.69) is 24.3 Å². The lowest BCUT2D eigenvalue weighted by atomic mass is 9.90. The molecule has 1 fully saturated rings. The maximum absolute atomic E-state index is 12.7. The SMILES string of the molecule is CCOc1ccc(CCC2CCN(C(=O)c3ccc(CN)cc3)CC2)cc1.Cl. The number of piperidine rings is 1. The van der Waals surface area contributed by atoms with Crippen LogP contribution in [0, 0.1) is 5.92 Å². The van der Waals surface area contributed by atoms with Gasteiger partial charge >= 0.3 is 0 Å². The van der Waals surface area contributed by atoms with Crippen molar-refractivity contribution in [2.75, 3.05) is 19.7 Å². The Hall–Kier alpha value is -2.04. The van der Waals surface area contributed by atoms with E-state index < -0.39 is 0 Å². The van der Waals surface area contributed by atoms with E-state index in [1.807, 2.05) is 36.1 Å². The maximum atomic E-state index is 12.7. The first-order chi connectivity index (χ1) is 13.2. The summed E-state index contributed by atoms with van der Waals surface area (Å²) in [5.41, 5.74) is 8.80. The summed E-state index contributed by atoms with van der Waals surface area (Å²) in [6, 6.07) is 16.1. The molecule has 5 heteroatoms. The smallest absolute Gasteiger partial charge is 0.253 e. The van der Waals surface area contributed by atoms with Gasteiger partial charge in [-0.3, -0.25) is 4.79 Å². The van der Waals surface area contributed by atoms with E-state index in [0.29, 0.717) is 19.1 Å². The number of nitrogens with two attached hydrogens (primary N) is 1. The minimum Gasteiger partial charge on any atom is -0.494 e. The van der Waals surface area contributed by atoms with Crippen molar-refractivity contribution in [3.8, 4) is 5.75 Å². The average molecular weight is 403 g/mol. The van der Waals surface area contributed by atoms with Gasteiger partial charge in [0.05, 0.1) is 6.61 Å². The summed E-state index contributed by atoms with van der Waals surface area (Å²) in [4.78, 5) is 14.6. The van der Waals surface area contributed by atoms with Crippen molar-refractivity contribution in [1.29, 1.82) is 0 Å². The number of hydrogen-bond donors (Lipinski definition) is 1. The number of nitrogens with zero attached hydrogens (tertiary/aromatic N) is 1. The second-order valence-corrected chi connectivity index (χ2v) is 7.25. The normalized spacial score (nSPS) is 14.4. The molecule has 2 aromatic carbocycles. The molecule has 0 aromatic heterocycles. The third-order valence-corrected chi connectivity index (χ3v) is 5.41. The first-order valence-electron chi connectivity index (χ1n) is 9.99. The standard InChI is InChI=1S/C23H30N2O2.ClH/c1-2-27-22-11-7-18(8-12-22)3-4-19-13-15-25(16-14-19)23(26)21-9-5-20(17-24)6-10-21;/h5-12,19H,2-4,13-17,24H2,1H3;1H. The molecule has 1 aliphatic heterocycles. The number of amides is 1. The van der Waals surface area contributed by atoms with Gasteiger partial charge in [-0.05, 0) is 73.9 Å². The number of halogens is 1. The summed E-state index contributed by atoms with van der Waals surface area (Å²) >= 11 is 0. The van der Waals surface area contributed by atoms with Crippen molar-refractivity contribution in [2.45, 2.75) is 39.2 Å². The highest BCUT2D eigenvalue weighted by molar-refractivity contribution is 5.94. The highest BCUT2D eigenvalue weighted by Crippen LogP contribution is 2.24. The van der Waals surface area contributed by atoms with Crippen LogP contribution in [-0.2, 0) is 13.0 Å². The Labute approximate surface area is 174 Å². The van der Waals surface area contributed by atoms with Crippen LogP contribution in [0.4, 0.5) is 0 Å². The Morgan fingerprint density at radius 2 is 1.64 bits per heavy atom. The maximum Gasteiger partial charge on any atom is 0.253 e. The molecule has 3 rings (SSSR count). The topological polar surface area (TPSA) is 55.6 Å². The zero-order valence-electron chi connectivity index (χ0n) is 16.6. The van der Waals surface area contributed by atoms with Gasteiger partial charge in [-0.25, -0.2) is 0 Å². The Morgan fingerprint density at radius 3 is 2.21 bits per heavy atom. The van der Waals surface area contributed by atoms with Crippen molar-refractivity contribution in [1.82, 2.24) is 4.90 Å². The van der Waals surface area contributed by atoms with Gasteiger partial charge in [0, 0.05) is 25.2 Å². The first-order valence-corrected chi connectivity index (χ1v) is 9.99. The molecule has 0 saturated carbocycles. The third kappa shape index (κ3) is 5.98. The Kier molecular flexibility index (Phi) is 8.81. The number of hydrogen-bond acceptors (Lipinski definition) is 3. The predicted molar refractivity (Wildman–Crippen MR) is 116 cm³/mol. The van der Waals surface area contributed by atoms with Crippen molar-refractivity contribution in [3.63, 3.8) is 0 Å². The van der Waals surface area contributed by atoms with E-state index in [1.54, 1.807) is 0 Å². The van der Waals surface area contributed by atoms with Crippen molar-refractivity contribution >= 4 is 18.3 Å². The quantitative estimate of drug-likeness (QED) is 0.744. The molecule has 1 aliphatic rings. The van der Waals surface area contributed by atoms with E-state index in [4.69, 9.17) is 10.5 Å². The molecule has 1 heterocycles. The molecular weight excluding hydrogens is 372 g/mol. The summed E-state index contributed by atoms with van der Waals surface area (Å²) < 4.78 is 5.50. The second-order valence-electron chi connectivity index (χ2n) is 7.25. The van der Waals surface area contributed by atoms with Crippen LogP contribution in [0.1, 0.15) is 47.7 Å². The number of benzene rings is 2. The lowest BCUT2D eigenvalue weighted by molar-refractivity contribution is 0.0687. The molecular formula is C23H31ClN2O2. The molecule has 0 spiro atoms. The van der Waals surface area contributed by atoms with Crippen LogP contribution in [-0.4, -0.2) is 30.5 Å². The highest BCUT2D eigenvalue weighted by Gasteiger charge is 2.23. The minimum atomic E-state index is 0. The third-order valence-electron chi connectivity index (χ3n) is 5.41. The monoisotopic (exact) mass is 402 g/mol. The molecule has 2 aromatic rings. The van der Waals surface area contributed by atoms with Crippen molar-refractivity contribution < 1.29 is 9.53 Å². The lowest BCUT2D eigenvalue weighted by Gasteiger charge is -2.32. The molecule has 152 valence electrons. The molecule has 1 saturated heterocycles. The summed E-state index contributed by atoms with van der Waals surface area (Å²) in [5, 5.41) is 0. The van der Waals surface area contributed by atoms with Crippen LogP contribution < -0.4 is 10.5 Å². The average Bonchev–Trinajstić information content (AvgIpc) is 2.73. The van der Waals surface area contributed by atoms with Gasteiger partial charge in [0.2, 0.25) is 0 Å². The number of aryl methyl sites for hydroxylation is 1. The Bertz CT molecular complexity index is 723. The Balaban J connectivity index is 0.00000280. The van der Waals surface area contributed by atoms with Crippen LogP contribution in [0.15, 0.2) is 48.5 Å². The van der Waals surface area contributed by atoms with Gasteiger partial charge in [0.1, 0.15) is 5.75 Å². The van der Waals surface area contributed by atoms with Crippen molar-refractivity contribution in [3.05, 3.63) is 65.2 Å². The first kappa shape index (κ1) is 22.3. The fraction of sp³-hybridized carbons (Fsp3) is 0.435. The number of carbonyl (C=O) groups is 1. The van der Waals surface area contributed by atoms with Crippen LogP contribution in [0.25, 0.3) is 0 Å². The van der Waals surface area contributed by atoms with E-state index in [0.717, 1.165) is 49.2 Å². The fourth-order valence-electron chi connectivity index (χ4n) is 3.68. The molecule has 4 nitrogen and oxygen atoms in total. The molecule has 28 heavy (non-hydrogen) atoms. The number of carbonyl (C=O) groups excluding carboxylic acids is 1. The summed E-state index contributed by atoms with van der Waals surface area (Å²) in [6.07, 6.45) is 4.44. The zero-order chi connectivity index (χ0) is 19.1. The van der Waals surface area contributed by atoms with Gasteiger partial charge in [-0.15, -0.1) is 12.4 Å². The van der Waals surface area contributed by atoms with Gasteiger partial charge in [-0.2, -0.15) is 0 Å². The molecule has 1 amide bonds. The molecule has 2 N–H and O–H groups in total. The molecule has 0 bridgehead atoms. The number of likely N-dealkylation sites (tertiary alicyclic amines) is 1. The second kappa shape index (κ2) is 11.1. The van der Waals surface area contributed by atoms with Crippen LogP contribution in [0.3, 0.4) is 0 Å². The van der Waals surface area contributed by atoms with E-state index >= 15 is 0 Å². The molecule has 0 radical (unpaired) electrons. The van der Waals surface area contributed by atoms with Gasteiger partial charge in [0.15, 0.2) is 0 Å². The van der Waals surface area contributed by atoms with Gasteiger partial charge in [-0.1, -0.05) is 24.3 Å². The van der Waals surface area contributed by atoms with Crippen LogP contribution in [0.5, 0.6) is 5.75 Å². The molecule has 0 atom stereocenters.